The zero-order valence-electron chi connectivity index (χ0n) is 11.3. The third-order valence-electron chi connectivity index (χ3n) is 3.23. The van der Waals surface area contributed by atoms with Crippen LogP contribution in [0.1, 0.15) is 34.6 Å². The summed E-state index contributed by atoms with van der Waals surface area (Å²) in [5.74, 6) is -0.129. The van der Waals surface area contributed by atoms with Gasteiger partial charge in [0.05, 0.1) is 0 Å². The summed E-state index contributed by atoms with van der Waals surface area (Å²) < 4.78 is 0. The van der Waals surface area contributed by atoms with Gasteiger partial charge < -0.3 is 10.2 Å². The second kappa shape index (κ2) is 4.51. The highest BCUT2D eigenvalue weighted by molar-refractivity contribution is 5.97. The number of piperazine rings is 1. The van der Waals surface area contributed by atoms with Gasteiger partial charge in [-0.05, 0) is 19.3 Å². The number of carbonyl (C=O) groups excluding carboxylic acids is 2. The molecule has 1 aliphatic rings. The molecule has 2 amide bonds. The Bertz CT molecular complexity index is 344. The summed E-state index contributed by atoms with van der Waals surface area (Å²) in [6, 6.07) is -1.03. The van der Waals surface area contributed by atoms with Gasteiger partial charge in [-0.2, -0.15) is 0 Å². The van der Waals surface area contributed by atoms with Crippen LogP contribution >= 0.6 is 0 Å². The van der Waals surface area contributed by atoms with Gasteiger partial charge in [0.2, 0.25) is 11.8 Å². The van der Waals surface area contributed by atoms with Gasteiger partial charge in [0, 0.05) is 6.04 Å². The molecule has 3 unspecified atom stereocenters. The monoisotopic (exact) mass is 238 g/mol. The number of nitrogens with one attached hydrogen (secondary N) is 1. The third kappa shape index (κ3) is 2.51. The van der Waals surface area contributed by atoms with E-state index in [-0.39, 0.29) is 23.3 Å². The molecule has 1 rings (SSSR count). The number of hydrogen-bond acceptors (Lipinski definition) is 2. The minimum absolute atomic E-state index is 0.0306. The third-order valence-corrected chi connectivity index (χ3v) is 3.23. The van der Waals surface area contributed by atoms with E-state index >= 15 is 0 Å². The summed E-state index contributed by atoms with van der Waals surface area (Å²) in [5.41, 5.74) is -0.286. The smallest absolute Gasteiger partial charge is 0.246 e. The molecule has 0 radical (unpaired) electrons. The molecule has 0 bridgehead atoms. The first-order chi connectivity index (χ1) is 7.70. The second-order valence-corrected chi connectivity index (χ2v) is 5.71. The van der Waals surface area contributed by atoms with Gasteiger partial charge in [-0.25, -0.2) is 0 Å². The fourth-order valence-corrected chi connectivity index (χ4v) is 2.04. The van der Waals surface area contributed by atoms with E-state index in [0.717, 1.165) is 0 Å². The molecule has 1 saturated heterocycles. The van der Waals surface area contributed by atoms with E-state index in [0.29, 0.717) is 0 Å². The SMILES string of the molecule is C=CC(C)N1C(=O)C(C(C)(C)C)NC(=O)C1C. The molecule has 1 aliphatic heterocycles. The lowest BCUT2D eigenvalue weighted by Gasteiger charge is -2.44. The Morgan fingerprint density at radius 3 is 2.35 bits per heavy atom. The van der Waals surface area contributed by atoms with Crippen molar-refractivity contribution in [1.82, 2.24) is 10.2 Å². The van der Waals surface area contributed by atoms with Crippen LogP contribution in [0.5, 0.6) is 0 Å². The topological polar surface area (TPSA) is 49.4 Å². The van der Waals surface area contributed by atoms with Crippen LogP contribution in [0.4, 0.5) is 0 Å². The number of carbonyl (C=O) groups is 2. The van der Waals surface area contributed by atoms with Crippen molar-refractivity contribution in [2.75, 3.05) is 0 Å². The molecule has 1 heterocycles. The first kappa shape index (κ1) is 13.7. The van der Waals surface area contributed by atoms with Gasteiger partial charge in [-0.1, -0.05) is 26.8 Å². The van der Waals surface area contributed by atoms with Crippen molar-refractivity contribution in [3.8, 4) is 0 Å². The first-order valence-electron chi connectivity index (χ1n) is 5.95. The maximum Gasteiger partial charge on any atom is 0.246 e. The van der Waals surface area contributed by atoms with Crippen LogP contribution in [-0.4, -0.2) is 34.8 Å². The van der Waals surface area contributed by atoms with Gasteiger partial charge in [0.25, 0.3) is 0 Å². The van der Waals surface area contributed by atoms with Crippen LogP contribution in [0.2, 0.25) is 0 Å². The molecule has 0 aromatic rings. The second-order valence-electron chi connectivity index (χ2n) is 5.71. The normalized spacial score (nSPS) is 27.7. The lowest BCUT2D eigenvalue weighted by atomic mass is 9.83. The van der Waals surface area contributed by atoms with Crippen LogP contribution in [0, 0.1) is 5.41 Å². The Morgan fingerprint density at radius 2 is 1.94 bits per heavy atom. The molecule has 0 spiro atoms. The van der Waals surface area contributed by atoms with Crippen LogP contribution in [-0.2, 0) is 9.59 Å². The number of amides is 2. The molecule has 17 heavy (non-hydrogen) atoms. The average molecular weight is 238 g/mol. The van der Waals surface area contributed by atoms with Crippen molar-refractivity contribution in [2.24, 2.45) is 5.41 Å². The highest BCUT2D eigenvalue weighted by Gasteiger charge is 2.44. The summed E-state index contributed by atoms with van der Waals surface area (Å²) in [6.07, 6.45) is 1.69. The highest BCUT2D eigenvalue weighted by atomic mass is 16.2. The Labute approximate surface area is 103 Å². The van der Waals surface area contributed by atoms with E-state index in [1.54, 1.807) is 17.9 Å². The molecular weight excluding hydrogens is 216 g/mol. The molecule has 4 nitrogen and oxygen atoms in total. The minimum Gasteiger partial charge on any atom is -0.342 e. The van der Waals surface area contributed by atoms with E-state index in [2.05, 4.69) is 11.9 Å². The molecule has 3 atom stereocenters. The van der Waals surface area contributed by atoms with Crippen LogP contribution in [0.25, 0.3) is 0 Å². The van der Waals surface area contributed by atoms with Crippen LogP contribution in [0.3, 0.4) is 0 Å². The maximum atomic E-state index is 12.4. The van der Waals surface area contributed by atoms with Crippen molar-refractivity contribution in [3.05, 3.63) is 12.7 Å². The number of rotatable bonds is 2. The molecular formula is C13H22N2O2. The quantitative estimate of drug-likeness (QED) is 0.738. The fourth-order valence-electron chi connectivity index (χ4n) is 2.04. The van der Waals surface area contributed by atoms with E-state index in [1.807, 2.05) is 27.7 Å². The average Bonchev–Trinajstić information content (AvgIpc) is 2.21. The zero-order valence-corrected chi connectivity index (χ0v) is 11.3. The molecule has 0 saturated carbocycles. The van der Waals surface area contributed by atoms with Crippen LogP contribution < -0.4 is 5.32 Å². The van der Waals surface area contributed by atoms with Crippen molar-refractivity contribution in [3.63, 3.8) is 0 Å². The maximum absolute atomic E-state index is 12.4. The van der Waals surface area contributed by atoms with Gasteiger partial charge >= 0.3 is 0 Å². The van der Waals surface area contributed by atoms with Crippen LogP contribution in [0.15, 0.2) is 12.7 Å². The Morgan fingerprint density at radius 1 is 1.41 bits per heavy atom. The minimum atomic E-state index is -0.464. The summed E-state index contributed by atoms with van der Waals surface area (Å²) in [6.45, 7) is 13.1. The number of hydrogen-bond donors (Lipinski definition) is 1. The number of nitrogens with zero attached hydrogens (tertiary/aromatic N) is 1. The summed E-state index contributed by atoms with van der Waals surface area (Å²) in [7, 11) is 0. The molecule has 4 heteroatoms. The summed E-state index contributed by atoms with van der Waals surface area (Å²) in [5, 5.41) is 2.80. The zero-order chi connectivity index (χ0) is 13.4. The summed E-state index contributed by atoms with van der Waals surface area (Å²) >= 11 is 0. The molecule has 0 aromatic heterocycles. The van der Waals surface area contributed by atoms with Crippen molar-refractivity contribution >= 4 is 11.8 Å². The largest absolute Gasteiger partial charge is 0.342 e. The fraction of sp³-hybridized carbons (Fsp3) is 0.692. The van der Waals surface area contributed by atoms with E-state index in [9.17, 15) is 9.59 Å². The Balaban J connectivity index is 3.07. The molecule has 0 aliphatic carbocycles. The van der Waals surface area contributed by atoms with Crippen molar-refractivity contribution in [2.45, 2.75) is 52.7 Å². The Hall–Kier alpha value is -1.32. The van der Waals surface area contributed by atoms with E-state index in [1.165, 1.54) is 0 Å². The Kier molecular flexibility index (Phi) is 3.65. The van der Waals surface area contributed by atoms with Gasteiger partial charge in [-0.15, -0.1) is 6.58 Å². The van der Waals surface area contributed by atoms with Gasteiger partial charge in [-0.3, -0.25) is 9.59 Å². The molecule has 96 valence electrons. The lowest BCUT2D eigenvalue weighted by Crippen LogP contribution is -2.67. The molecule has 1 fully saturated rings. The first-order valence-corrected chi connectivity index (χ1v) is 5.95. The predicted molar refractivity (Wildman–Crippen MR) is 67.4 cm³/mol. The van der Waals surface area contributed by atoms with Gasteiger partial charge in [0.15, 0.2) is 0 Å². The predicted octanol–water partition coefficient (Wildman–Crippen LogP) is 1.32. The standard InChI is InChI=1S/C13H22N2O2/c1-7-8(2)15-9(3)11(16)14-10(12(15)17)13(4,5)6/h7-10H,1H2,2-6H3,(H,14,16). The van der Waals surface area contributed by atoms with E-state index < -0.39 is 12.1 Å². The highest BCUT2D eigenvalue weighted by Crippen LogP contribution is 2.26. The lowest BCUT2D eigenvalue weighted by molar-refractivity contribution is -0.153. The van der Waals surface area contributed by atoms with Gasteiger partial charge in [0.1, 0.15) is 12.1 Å². The van der Waals surface area contributed by atoms with E-state index in [4.69, 9.17) is 0 Å². The van der Waals surface area contributed by atoms with Crippen molar-refractivity contribution < 1.29 is 9.59 Å². The molecule has 0 aromatic carbocycles. The summed E-state index contributed by atoms with van der Waals surface area (Å²) in [4.78, 5) is 25.9. The van der Waals surface area contributed by atoms with Crippen molar-refractivity contribution in [1.29, 1.82) is 0 Å². The molecule has 1 N–H and O–H groups in total.